The molecule has 3 heteroatoms. The number of unbranched alkanes of at least 4 members (excludes halogenated alkanes) is 6. The van der Waals surface area contributed by atoms with E-state index in [9.17, 15) is 9.90 Å². The molecule has 1 aliphatic heterocycles. The van der Waals surface area contributed by atoms with Crippen molar-refractivity contribution in [3.05, 3.63) is 0 Å². The van der Waals surface area contributed by atoms with Crippen molar-refractivity contribution in [3.63, 3.8) is 0 Å². The van der Waals surface area contributed by atoms with E-state index in [-0.39, 0.29) is 12.1 Å². The molecule has 1 saturated heterocycles. The van der Waals surface area contributed by atoms with Gasteiger partial charge in [-0.05, 0) is 32.6 Å². The van der Waals surface area contributed by atoms with E-state index in [0.717, 1.165) is 25.7 Å². The Labute approximate surface area is 130 Å². The van der Waals surface area contributed by atoms with E-state index < -0.39 is 0 Å². The highest BCUT2D eigenvalue weighted by Gasteiger charge is 2.24. The van der Waals surface area contributed by atoms with Gasteiger partial charge in [-0.1, -0.05) is 45.4 Å². The molecule has 0 aromatic heterocycles. The van der Waals surface area contributed by atoms with Gasteiger partial charge in [0.25, 0.3) is 0 Å². The molecule has 0 amide bonds. The van der Waals surface area contributed by atoms with Gasteiger partial charge in [0.2, 0.25) is 0 Å². The van der Waals surface area contributed by atoms with E-state index in [1.807, 2.05) is 6.92 Å². The number of aliphatic hydroxyl groups is 1. The summed E-state index contributed by atoms with van der Waals surface area (Å²) in [4.78, 5) is 11.2. The van der Waals surface area contributed by atoms with Gasteiger partial charge in [0.1, 0.15) is 5.78 Å². The normalized spacial score (nSPS) is 26.0. The van der Waals surface area contributed by atoms with Gasteiger partial charge in [-0.15, -0.1) is 0 Å². The van der Waals surface area contributed by atoms with Crippen LogP contribution < -0.4 is 5.32 Å². The van der Waals surface area contributed by atoms with E-state index in [1.54, 1.807) is 0 Å². The highest BCUT2D eigenvalue weighted by Crippen LogP contribution is 2.18. The van der Waals surface area contributed by atoms with Crippen LogP contribution in [0.1, 0.15) is 90.9 Å². The number of hydrogen-bond acceptors (Lipinski definition) is 3. The monoisotopic (exact) mass is 297 g/mol. The van der Waals surface area contributed by atoms with Crippen LogP contribution in [-0.2, 0) is 4.79 Å². The van der Waals surface area contributed by atoms with Crippen LogP contribution in [0, 0.1) is 0 Å². The average Bonchev–Trinajstić information content (AvgIpc) is 2.48. The Morgan fingerprint density at radius 3 is 2.29 bits per heavy atom. The summed E-state index contributed by atoms with van der Waals surface area (Å²) in [7, 11) is 0. The summed E-state index contributed by atoms with van der Waals surface area (Å²) in [5.74, 6) is 0.411. The van der Waals surface area contributed by atoms with Crippen LogP contribution >= 0.6 is 0 Å². The second-order valence-corrected chi connectivity index (χ2v) is 6.70. The van der Waals surface area contributed by atoms with Crippen LogP contribution in [-0.4, -0.2) is 29.1 Å². The standard InChI is InChI=1S/C18H35NO2/c1-3-17(20)12-10-8-6-4-5-7-9-11-16-13-14-18(21)15(2)19-16/h15-16,18-19,21H,3-14H2,1-2H3. The lowest BCUT2D eigenvalue weighted by atomic mass is 9.93. The molecular weight excluding hydrogens is 262 g/mol. The number of piperidine rings is 1. The third-order valence-corrected chi connectivity index (χ3v) is 4.79. The smallest absolute Gasteiger partial charge is 0.132 e. The van der Waals surface area contributed by atoms with Crippen LogP contribution in [0.5, 0.6) is 0 Å². The molecule has 0 spiro atoms. The van der Waals surface area contributed by atoms with E-state index in [1.165, 1.54) is 44.9 Å². The zero-order valence-corrected chi connectivity index (χ0v) is 14.1. The highest BCUT2D eigenvalue weighted by molar-refractivity contribution is 5.77. The van der Waals surface area contributed by atoms with Crippen molar-refractivity contribution >= 4 is 5.78 Å². The van der Waals surface area contributed by atoms with Crippen molar-refractivity contribution in [2.45, 2.75) is 109 Å². The fourth-order valence-electron chi connectivity index (χ4n) is 3.19. The van der Waals surface area contributed by atoms with Gasteiger partial charge < -0.3 is 10.4 Å². The lowest BCUT2D eigenvalue weighted by Crippen LogP contribution is -2.48. The van der Waals surface area contributed by atoms with Crippen LogP contribution in [0.2, 0.25) is 0 Å². The van der Waals surface area contributed by atoms with Crippen LogP contribution in [0.25, 0.3) is 0 Å². The Bertz CT molecular complexity index is 280. The fourth-order valence-corrected chi connectivity index (χ4v) is 3.19. The molecule has 124 valence electrons. The van der Waals surface area contributed by atoms with Crippen molar-refractivity contribution in [1.82, 2.24) is 5.32 Å². The van der Waals surface area contributed by atoms with Crippen molar-refractivity contribution in [2.24, 2.45) is 0 Å². The SMILES string of the molecule is CCC(=O)CCCCCCCCCC1CCC(O)C(C)N1. The molecule has 1 rings (SSSR count). The summed E-state index contributed by atoms with van der Waals surface area (Å²) in [6.07, 6.45) is 13.5. The molecule has 0 aliphatic carbocycles. The largest absolute Gasteiger partial charge is 0.392 e. The first kappa shape index (κ1) is 18.6. The Balaban J connectivity index is 1.86. The number of nitrogens with one attached hydrogen (secondary N) is 1. The van der Waals surface area contributed by atoms with Crippen molar-refractivity contribution in [3.8, 4) is 0 Å². The number of ketones is 1. The Hall–Kier alpha value is -0.410. The van der Waals surface area contributed by atoms with Crippen molar-refractivity contribution < 1.29 is 9.90 Å². The van der Waals surface area contributed by atoms with Gasteiger partial charge in [-0.3, -0.25) is 4.79 Å². The number of rotatable bonds is 11. The summed E-state index contributed by atoms with van der Waals surface area (Å²) < 4.78 is 0. The zero-order valence-electron chi connectivity index (χ0n) is 14.1. The fraction of sp³-hybridized carbons (Fsp3) is 0.944. The number of carbonyl (C=O) groups is 1. The van der Waals surface area contributed by atoms with Gasteiger partial charge in [-0.25, -0.2) is 0 Å². The first-order chi connectivity index (χ1) is 10.1. The molecule has 3 unspecified atom stereocenters. The Kier molecular flexibility index (Phi) is 9.94. The Morgan fingerprint density at radius 2 is 1.67 bits per heavy atom. The predicted octanol–water partition coefficient (Wildman–Crippen LogP) is 3.98. The Morgan fingerprint density at radius 1 is 1.05 bits per heavy atom. The molecule has 3 nitrogen and oxygen atoms in total. The molecule has 21 heavy (non-hydrogen) atoms. The topological polar surface area (TPSA) is 49.3 Å². The molecule has 2 N–H and O–H groups in total. The minimum atomic E-state index is -0.152. The molecule has 0 aromatic carbocycles. The molecular formula is C18H35NO2. The van der Waals surface area contributed by atoms with Crippen LogP contribution in [0.4, 0.5) is 0 Å². The predicted molar refractivity (Wildman–Crippen MR) is 88.5 cm³/mol. The minimum Gasteiger partial charge on any atom is -0.392 e. The van der Waals surface area contributed by atoms with Gasteiger partial charge in [-0.2, -0.15) is 0 Å². The number of aliphatic hydroxyl groups excluding tert-OH is 1. The second-order valence-electron chi connectivity index (χ2n) is 6.70. The van der Waals surface area contributed by atoms with Gasteiger partial charge in [0.05, 0.1) is 6.10 Å². The number of Topliss-reactive ketones (excluding diaryl/α,β-unsaturated/α-hetero) is 1. The maximum absolute atomic E-state index is 11.2. The van der Waals surface area contributed by atoms with E-state index in [0.29, 0.717) is 18.2 Å². The number of carbonyl (C=O) groups excluding carboxylic acids is 1. The van der Waals surface area contributed by atoms with Crippen LogP contribution in [0.3, 0.4) is 0 Å². The van der Waals surface area contributed by atoms with Gasteiger partial charge in [0, 0.05) is 24.9 Å². The second kappa shape index (κ2) is 11.2. The van der Waals surface area contributed by atoms with Gasteiger partial charge in [0.15, 0.2) is 0 Å². The zero-order chi connectivity index (χ0) is 15.5. The van der Waals surface area contributed by atoms with E-state index in [4.69, 9.17) is 0 Å². The van der Waals surface area contributed by atoms with Crippen molar-refractivity contribution in [2.75, 3.05) is 0 Å². The summed E-state index contributed by atoms with van der Waals surface area (Å²) in [5, 5.41) is 13.2. The first-order valence-corrected chi connectivity index (χ1v) is 9.09. The highest BCUT2D eigenvalue weighted by atomic mass is 16.3. The third kappa shape index (κ3) is 8.57. The third-order valence-electron chi connectivity index (χ3n) is 4.79. The molecule has 0 saturated carbocycles. The average molecular weight is 297 g/mol. The lowest BCUT2D eigenvalue weighted by Gasteiger charge is -2.32. The maximum Gasteiger partial charge on any atom is 0.132 e. The molecule has 0 aromatic rings. The van der Waals surface area contributed by atoms with Crippen molar-refractivity contribution in [1.29, 1.82) is 0 Å². The molecule has 0 radical (unpaired) electrons. The molecule has 1 fully saturated rings. The van der Waals surface area contributed by atoms with Gasteiger partial charge >= 0.3 is 0 Å². The minimum absolute atomic E-state index is 0.152. The lowest BCUT2D eigenvalue weighted by molar-refractivity contribution is -0.118. The molecule has 1 aliphatic rings. The van der Waals surface area contributed by atoms with E-state index >= 15 is 0 Å². The molecule has 1 heterocycles. The molecule has 0 bridgehead atoms. The summed E-state index contributed by atoms with van der Waals surface area (Å²) in [5.41, 5.74) is 0. The van der Waals surface area contributed by atoms with E-state index in [2.05, 4.69) is 12.2 Å². The summed E-state index contributed by atoms with van der Waals surface area (Å²) in [6, 6.07) is 0.873. The maximum atomic E-state index is 11.2. The summed E-state index contributed by atoms with van der Waals surface area (Å²) >= 11 is 0. The first-order valence-electron chi connectivity index (χ1n) is 9.09. The summed E-state index contributed by atoms with van der Waals surface area (Å²) in [6.45, 7) is 4.03. The molecule has 3 atom stereocenters. The quantitative estimate of drug-likeness (QED) is 0.567. The number of hydrogen-bond donors (Lipinski definition) is 2. The van der Waals surface area contributed by atoms with Crippen LogP contribution in [0.15, 0.2) is 0 Å².